The number of nitrogens with one attached hydrogen (secondary N) is 2. The highest BCUT2D eigenvalue weighted by atomic mass is 15.4. The first-order valence-electron chi connectivity index (χ1n) is 6.66. The van der Waals surface area contributed by atoms with Gasteiger partial charge in [0.1, 0.15) is 0 Å². The van der Waals surface area contributed by atoms with E-state index in [9.17, 15) is 0 Å². The van der Waals surface area contributed by atoms with Crippen LogP contribution in [0.4, 0.5) is 5.69 Å². The van der Waals surface area contributed by atoms with Crippen LogP contribution in [-0.4, -0.2) is 0 Å². The molecule has 0 saturated carbocycles. The third-order valence-corrected chi connectivity index (χ3v) is 3.78. The number of aryl methyl sites for hydroxylation is 1. The van der Waals surface area contributed by atoms with E-state index >= 15 is 0 Å². The van der Waals surface area contributed by atoms with E-state index in [-0.39, 0.29) is 0 Å². The quantitative estimate of drug-likeness (QED) is 0.721. The van der Waals surface area contributed by atoms with Crippen molar-refractivity contribution in [1.29, 1.82) is 0 Å². The molecule has 0 radical (unpaired) electrons. The van der Waals surface area contributed by atoms with Gasteiger partial charge in [0.05, 0.1) is 0 Å². The molecule has 0 bridgehead atoms. The van der Waals surface area contributed by atoms with Crippen LogP contribution in [0.2, 0.25) is 0 Å². The van der Waals surface area contributed by atoms with E-state index in [1.54, 1.807) is 0 Å². The zero-order valence-corrected chi connectivity index (χ0v) is 11.1. The van der Waals surface area contributed by atoms with Crippen molar-refractivity contribution in [3.8, 4) is 0 Å². The van der Waals surface area contributed by atoms with Crippen molar-refractivity contribution in [1.82, 2.24) is 10.9 Å². The first-order chi connectivity index (χ1) is 9.24. The van der Waals surface area contributed by atoms with Crippen molar-refractivity contribution in [3.05, 3.63) is 65.2 Å². The maximum atomic E-state index is 5.85. The third-order valence-electron chi connectivity index (χ3n) is 3.78. The summed E-state index contributed by atoms with van der Waals surface area (Å²) in [7, 11) is 0. The van der Waals surface area contributed by atoms with Gasteiger partial charge in [-0.1, -0.05) is 36.4 Å². The van der Waals surface area contributed by atoms with Gasteiger partial charge in [-0.15, -0.1) is 0 Å². The van der Waals surface area contributed by atoms with Crippen LogP contribution in [0.3, 0.4) is 0 Å². The number of nitrogens with two attached hydrogens (primary N) is 1. The molecule has 98 valence electrons. The predicted octanol–water partition coefficient (Wildman–Crippen LogP) is 2.86. The molecule has 3 rings (SSSR count). The van der Waals surface area contributed by atoms with Crippen LogP contribution in [0.15, 0.2) is 48.5 Å². The maximum Gasteiger partial charge on any atom is 0.0483 e. The molecule has 2 atom stereocenters. The summed E-state index contributed by atoms with van der Waals surface area (Å²) in [5.74, 6) is 0. The topological polar surface area (TPSA) is 50.1 Å². The highest BCUT2D eigenvalue weighted by molar-refractivity contribution is 5.42. The molecular formula is C16H19N3. The predicted molar refractivity (Wildman–Crippen MR) is 78.4 cm³/mol. The maximum absolute atomic E-state index is 5.85. The first kappa shape index (κ1) is 12.2. The molecule has 1 heterocycles. The van der Waals surface area contributed by atoms with Gasteiger partial charge in [-0.2, -0.15) is 0 Å². The first-order valence-corrected chi connectivity index (χ1v) is 6.66. The molecule has 3 nitrogen and oxygen atoms in total. The Morgan fingerprint density at radius 2 is 1.79 bits per heavy atom. The van der Waals surface area contributed by atoms with Crippen molar-refractivity contribution < 1.29 is 0 Å². The Labute approximate surface area is 113 Å². The van der Waals surface area contributed by atoms with Gasteiger partial charge in [0.15, 0.2) is 0 Å². The minimum absolute atomic E-state index is 0.313. The minimum Gasteiger partial charge on any atom is -0.399 e. The minimum atomic E-state index is 0.313. The van der Waals surface area contributed by atoms with E-state index in [4.69, 9.17) is 5.73 Å². The van der Waals surface area contributed by atoms with Crippen molar-refractivity contribution in [2.75, 3.05) is 5.73 Å². The summed E-state index contributed by atoms with van der Waals surface area (Å²) >= 11 is 0. The lowest BCUT2D eigenvalue weighted by Gasteiger charge is -2.12. The zero-order chi connectivity index (χ0) is 13.2. The molecule has 1 fully saturated rings. The molecule has 0 spiro atoms. The van der Waals surface area contributed by atoms with Crippen molar-refractivity contribution in [2.45, 2.75) is 25.4 Å². The highest BCUT2D eigenvalue weighted by Crippen LogP contribution is 2.32. The van der Waals surface area contributed by atoms with Crippen LogP contribution >= 0.6 is 0 Å². The van der Waals surface area contributed by atoms with Gasteiger partial charge in [0.2, 0.25) is 0 Å². The fourth-order valence-electron chi connectivity index (χ4n) is 2.73. The summed E-state index contributed by atoms with van der Waals surface area (Å²) in [6, 6.07) is 17.3. The Morgan fingerprint density at radius 3 is 2.58 bits per heavy atom. The van der Waals surface area contributed by atoms with Gasteiger partial charge in [0.25, 0.3) is 0 Å². The normalized spacial score (nSPS) is 22.6. The Hall–Kier alpha value is -1.84. The molecular weight excluding hydrogens is 234 g/mol. The molecule has 1 aliphatic rings. The second kappa shape index (κ2) is 5.03. The van der Waals surface area contributed by atoms with E-state index in [2.05, 4.69) is 48.1 Å². The van der Waals surface area contributed by atoms with E-state index < -0.39 is 0 Å². The lowest BCUT2D eigenvalue weighted by atomic mass is 9.95. The number of rotatable bonds is 2. The molecule has 4 N–H and O–H groups in total. The molecule has 0 aromatic heterocycles. The zero-order valence-electron chi connectivity index (χ0n) is 11.1. The lowest BCUT2D eigenvalue weighted by molar-refractivity contribution is 0.554. The number of hydrogen-bond donors (Lipinski definition) is 3. The van der Waals surface area contributed by atoms with E-state index in [1.807, 2.05) is 18.2 Å². The van der Waals surface area contributed by atoms with Crippen molar-refractivity contribution >= 4 is 5.69 Å². The van der Waals surface area contributed by atoms with E-state index in [0.29, 0.717) is 12.1 Å². The molecule has 19 heavy (non-hydrogen) atoms. The average Bonchev–Trinajstić information content (AvgIpc) is 2.89. The van der Waals surface area contributed by atoms with E-state index in [1.165, 1.54) is 16.7 Å². The largest absolute Gasteiger partial charge is 0.399 e. The Morgan fingerprint density at radius 1 is 1.00 bits per heavy atom. The van der Waals surface area contributed by atoms with Gasteiger partial charge in [-0.05, 0) is 42.2 Å². The van der Waals surface area contributed by atoms with Crippen molar-refractivity contribution in [2.24, 2.45) is 0 Å². The van der Waals surface area contributed by atoms with Crippen LogP contribution in [0, 0.1) is 6.92 Å². The van der Waals surface area contributed by atoms with Gasteiger partial charge in [0, 0.05) is 17.8 Å². The van der Waals surface area contributed by atoms with Gasteiger partial charge < -0.3 is 5.73 Å². The van der Waals surface area contributed by atoms with Crippen LogP contribution in [0.5, 0.6) is 0 Å². The molecule has 2 aromatic carbocycles. The molecule has 1 aliphatic heterocycles. The standard InChI is InChI=1S/C16H19N3/c1-11-5-2-3-8-14(11)16-10-15(18-19-16)12-6-4-7-13(17)9-12/h2-9,15-16,18-19H,10,17H2,1H3. The monoisotopic (exact) mass is 253 g/mol. The number of anilines is 1. The summed E-state index contributed by atoms with van der Waals surface area (Å²) in [5, 5.41) is 0. The number of hydrogen-bond acceptors (Lipinski definition) is 3. The second-order valence-electron chi connectivity index (χ2n) is 5.16. The fourth-order valence-corrected chi connectivity index (χ4v) is 2.73. The highest BCUT2D eigenvalue weighted by Gasteiger charge is 2.26. The second-order valence-corrected chi connectivity index (χ2v) is 5.16. The van der Waals surface area contributed by atoms with Gasteiger partial charge in [-0.3, -0.25) is 0 Å². The van der Waals surface area contributed by atoms with Gasteiger partial charge >= 0.3 is 0 Å². The fraction of sp³-hybridized carbons (Fsp3) is 0.250. The number of nitrogen functional groups attached to an aromatic ring is 1. The smallest absolute Gasteiger partial charge is 0.0483 e. The Balaban J connectivity index is 1.79. The molecule has 2 aromatic rings. The summed E-state index contributed by atoms with van der Waals surface area (Å²) < 4.78 is 0. The van der Waals surface area contributed by atoms with Crippen LogP contribution in [-0.2, 0) is 0 Å². The molecule has 3 heteroatoms. The van der Waals surface area contributed by atoms with Crippen LogP contribution in [0.25, 0.3) is 0 Å². The number of hydrazine groups is 1. The molecule has 0 amide bonds. The number of benzene rings is 2. The Kier molecular flexibility index (Phi) is 3.23. The summed E-state index contributed by atoms with van der Waals surface area (Å²) in [5.41, 5.74) is 17.4. The SMILES string of the molecule is Cc1ccccc1C1CC(c2cccc(N)c2)NN1. The van der Waals surface area contributed by atoms with E-state index in [0.717, 1.165) is 12.1 Å². The molecule has 1 saturated heterocycles. The van der Waals surface area contributed by atoms with Gasteiger partial charge in [-0.25, -0.2) is 10.9 Å². The van der Waals surface area contributed by atoms with Crippen LogP contribution in [0.1, 0.15) is 35.2 Å². The molecule has 0 aliphatic carbocycles. The lowest BCUT2D eigenvalue weighted by Crippen LogP contribution is -2.27. The molecule has 2 unspecified atom stereocenters. The third kappa shape index (κ3) is 2.48. The summed E-state index contributed by atoms with van der Waals surface area (Å²) in [6.45, 7) is 2.16. The van der Waals surface area contributed by atoms with Crippen molar-refractivity contribution in [3.63, 3.8) is 0 Å². The summed E-state index contributed by atoms with van der Waals surface area (Å²) in [6.07, 6.45) is 1.04. The average molecular weight is 253 g/mol. The van der Waals surface area contributed by atoms with Crippen LogP contribution < -0.4 is 16.6 Å². The summed E-state index contributed by atoms with van der Waals surface area (Å²) in [4.78, 5) is 0. The Bertz CT molecular complexity index is 580.